The molecule has 1 fully saturated rings. The van der Waals surface area contributed by atoms with Crippen LogP contribution in [0.15, 0.2) is 0 Å². The molecule has 0 radical (unpaired) electrons. The van der Waals surface area contributed by atoms with Gasteiger partial charge < -0.3 is 30.3 Å². The van der Waals surface area contributed by atoms with E-state index >= 15 is 0 Å². The van der Waals surface area contributed by atoms with E-state index in [0.29, 0.717) is 0 Å². The van der Waals surface area contributed by atoms with E-state index in [4.69, 9.17) is 14.9 Å². The van der Waals surface area contributed by atoms with E-state index in [1.54, 1.807) is 0 Å². The molecule has 5 N–H and O–H groups in total. The van der Waals surface area contributed by atoms with Crippen LogP contribution in [0.5, 0.6) is 0 Å². The summed E-state index contributed by atoms with van der Waals surface area (Å²) in [5.41, 5.74) is 0. The van der Waals surface area contributed by atoms with Crippen molar-refractivity contribution in [3.63, 3.8) is 0 Å². The number of hydrogen-bond acceptors (Lipinski definition) is 6. The summed E-state index contributed by atoms with van der Waals surface area (Å²) in [4.78, 5) is 0. The van der Waals surface area contributed by atoms with Gasteiger partial charge in [-0.25, -0.2) is 0 Å². The summed E-state index contributed by atoms with van der Waals surface area (Å²) in [6.07, 6.45) is -6.57. The van der Waals surface area contributed by atoms with Gasteiger partial charge in [-0.3, -0.25) is 0 Å². The molecule has 0 aromatic rings. The highest BCUT2D eigenvalue weighted by atomic mass is 16.5. The molecule has 0 saturated carbocycles. The monoisotopic (exact) mass is 194 g/mol. The number of rotatable bonds is 1. The molecule has 0 aromatic heterocycles. The highest BCUT2D eigenvalue weighted by Gasteiger charge is 2.38. The van der Waals surface area contributed by atoms with E-state index in [9.17, 15) is 15.3 Å². The Labute approximate surface area is 75.0 Å². The Morgan fingerprint density at radius 2 is 1.62 bits per heavy atom. The molecule has 0 aliphatic carbocycles. The first kappa shape index (κ1) is 10.8. The lowest BCUT2D eigenvalue weighted by Gasteiger charge is -2.23. The molecule has 1 rings (SSSR count). The summed E-state index contributed by atoms with van der Waals surface area (Å²) < 4.78 is 4.85. The lowest BCUT2D eigenvalue weighted by atomic mass is 10.0. The average Bonchev–Trinajstić information content (AvgIpc) is 2.22. The maximum absolute atomic E-state index is 9.30. The van der Waals surface area contributed by atoms with Crippen LogP contribution in [0.25, 0.3) is 0 Å². The first-order valence-corrected chi connectivity index (χ1v) is 4.02. The SMILES string of the molecule is OCC1OC[C@@H](O)C(O)[C@H](O)[C@@H]1O. The summed E-state index contributed by atoms with van der Waals surface area (Å²) in [6.45, 7) is -0.696. The van der Waals surface area contributed by atoms with Gasteiger partial charge in [-0.05, 0) is 0 Å². The topological polar surface area (TPSA) is 110 Å². The van der Waals surface area contributed by atoms with Crippen LogP contribution < -0.4 is 0 Å². The zero-order valence-electron chi connectivity index (χ0n) is 6.95. The van der Waals surface area contributed by atoms with Crippen LogP contribution in [-0.4, -0.2) is 69.3 Å². The zero-order valence-corrected chi connectivity index (χ0v) is 6.95. The summed E-state index contributed by atoms with van der Waals surface area (Å²) in [5.74, 6) is 0. The van der Waals surface area contributed by atoms with Gasteiger partial charge in [0, 0.05) is 0 Å². The van der Waals surface area contributed by atoms with E-state index in [0.717, 1.165) is 0 Å². The first-order valence-electron chi connectivity index (χ1n) is 4.02. The minimum absolute atomic E-state index is 0.222. The van der Waals surface area contributed by atoms with E-state index in [-0.39, 0.29) is 6.61 Å². The van der Waals surface area contributed by atoms with Crippen LogP contribution in [0.3, 0.4) is 0 Å². The molecule has 1 aliphatic rings. The predicted octanol–water partition coefficient (Wildman–Crippen LogP) is -3.18. The second-order valence-corrected chi connectivity index (χ2v) is 3.09. The molecule has 78 valence electrons. The zero-order chi connectivity index (χ0) is 10.0. The van der Waals surface area contributed by atoms with Crippen molar-refractivity contribution in [1.29, 1.82) is 0 Å². The molecule has 6 nitrogen and oxygen atoms in total. The Balaban J connectivity index is 2.69. The van der Waals surface area contributed by atoms with Crippen LogP contribution >= 0.6 is 0 Å². The van der Waals surface area contributed by atoms with Crippen LogP contribution in [-0.2, 0) is 4.74 Å². The van der Waals surface area contributed by atoms with Gasteiger partial charge in [-0.2, -0.15) is 0 Å². The number of aliphatic hydroxyl groups is 5. The van der Waals surface area contributed by atoms with Crippen molar-refractivity contribution < 1.29 is 30.3 Å². The number of aliphatic hydroxyl groups excluding tert-OH is 5. The molecule has 1 saturated heterocycles. The van der Waals surface area contributed by atoms with Crippen molar-refractivity contribution in [2.45, 2.75) is 30.5 Å². The molecule has 6 heteroatoms. The molecule has 0 aromatic carbocycles. The largest absolute Gasteiger partial charge is 0.394 e. The Morgan fingerprint density at radius 3 is 2.15 bits per heavy atom. The first-order chi connectivity index (χ1) is 6.07. The third kappa shape index (κ3) is 2.16. The van der Waals surface area contributed by atoms with Gasteiger partial charge in [0.25, 0.3) is 0 Å². The summed E-state index contributed by atoms with van der Waals surface area (Å²) in [7, 11) is 0. The van der Waals surface area contributed by atoms with Crippen molar-refractivity contribution in [3.8, 4) is 0 Å². The highest BCUT2D eigenvalue weighted by Crippen LogP contribution is 2.15. The average molecular weight is 194 g/mol. The number of ether oxygens (including phenoxy) is 1. The third-order valence-electron chi connectivity index (χ3n) is 2.14. The molecule has 1 aliphatic heterocycles. The molecule has 13 heavy (non-hydrogen) atoms. The van der Waals surface area contributed by atoms with E-state index in [1.807, 2.05) is 0 Å². The molecule has 0 spiro atoms. The Hall–Kier alpha value is -0.240. The molecular weight excluding hydrogens is 180 g/mol. The van der Waals surface area contributed by atoms with Crippen LogP contribution in [0.2, 0.25) is 0 Å². The fourth-order valence-corrected chi connectivity index (χ4v) is 1.23. The van der Waals surface area contributed by atoms with Crippen LogP contribution in [0, 0.1) is 0 Å². The minimum atomic E-state index is -1.50. The Bertz CT molecular complexity index is 161. The predicted molar refractivity (Wildman–Crippen MR) is 40.9 cm³/mol. The second-order valence-electron chi connectivity index (χ2n) is 3.09. The van der Waals surface area contributed by atoms with Crippen molar-refractivity contribution in [2.75, 3.05) is 13.2 Å². The van der Waals surface area contributed by atoms with Crippen molar-refractivity contribution in [1.82, 2.24) is 0 Å². The Kier molecular flexibility index (Phi) is 3.60. The number of hydrogen-bond donors (Lipinski definition) is 5. The van der Waals surface area contributed by atoms with Gasteiger partial charge in [-0.1, -0.05) is 0 Å². The summed E-state index contributed by atoms with van der Waals surface area (Å²) >= 11 is 0. The molecule has 2 unspecified atom stereocenters. The van der Waals surface area contributed by atoms with Gasteiger partial charge in [0.2, 0.25) is 0 Å². The fraction of sp³-hybridized carbons (Fsp3) is 1.00. The Morgan fingerprint density at radius 1 is 1.00 bits per heavy atom. The van der Waals surface area contributed by atoms with Crippen LogP contribution in [0.4, 0.5) is 0 Å². The van der Waals surface area contributed by atoms with Crippen LogP contribution in [0.1, 0.15) is 0 Å². The highest BCUT2D eigenvalue weighted by molar-refractivity contribution is 4.88. The molecule has 5 atom stereocenters. The van der Waals surface area contributed by atoms with Gasteiger partial charge in [0.15, 0.2) is 0 Å². The molecule has 0 bridgehead atoms. The molecular formula is C7H14O6. The van der Waals surface area contributed by atoms with E-state index < -0.39 is 37.1 Å². The van der Waals surface area contributed by atoms with Crippen molar-refractivity contribution >= 4 is 0 Å². The second kappa shape index (κ2) is 4.32. The minimum Gasteiger partial charge on any atom is -0.394 e. The van der Waals surface area contributed by atoms with Gasteiger partial charge in [0.05, 0.1) is 13.2 Å². The molecule has 1 heterocycles. The van der Waals surface area contributed by atoms with Gasteiger partial charge >= 0.3 is 0 Å². The normalized spacial score (nSPS) is 47.3. The van der Waals surface area contributed by atoms with E-state index in [2.05, 4.69) is 0 Å². The maximum atomic E-state index is 9.30. The van der Waals surface area contributed by atoms with Crippen molar-refractivity contribution in [2.24, 2.45) is 0 Å². The lowest BCUT2D eigenvalue weighted by Crippen LogP contribution is -2.46. The quantitative estimate of drug-likeness (QED) is 0.301. The molecule has 0 amide bonds. The third-order valence-corrected chi connectivity index (χ3v) is 2.14. The smallest absolute Gasteiger partial charge is 0.111 e. The standard InChI is InChI=1S/C7H14O6/c8-1-4-6(11)7(12)5(10)3(9)2-13-4/h3-12H,1-2H2/t3-,4?,5?,6-,7+/m1/s1. The lowest BCUT2D eigenvalue weighted by molar-refractivity contribution is -0.109. The fourth-order valence-electron chi connectivity index (χ4n) is 1.23. The summed E-state index contributed by atoms with van der Waals surface area (Å²) in [5, 5.41) is 45.6. The van der Waals surface area contributed by atoms with Crippen molar-refractivity contribution in [3.05, 3.63) is 0 Å². The maximum Gasteiger partial charge on any atom is 0.111 e. The van der Waals surface area contributed by atoms with E-state index in [1.165, 1.54) is 0 Å². The summed E-state index contributed by atoms with van der Waals surface area (Å²) in [6, 6.07) is 0. The van der Waals surface area contributed by atoms with Gasteiger partial charge in [-0.15, -0.1) is 0 Å². The van der Waals surface area contributed by atoms with Gasteiger partial charge in [0.1, 0.15) is 30.5 Å².